The maximum atomic E-state index is 6.17. The number of para-hydroxylation sites is 1. The first-order chi connectivity index (χ1) is 8.75. The lowest BCUT2D eigenvalue weighted by molar-refractivity contribution is 0.564. The van der Waals surface area contributed by atoms with E-state index in [4.69, 9.17) is 21.8 Å². The minimum Gasteiger partial charge on any atom is -0.453 e. The summed E-state index contributed by atoms with van der Waals surface area (Å²) < 4.78 is 5.06. The summed E-state index contributed by atoms with van der Waals surface area (Å²) in [5, 5.41) is 1.39. The van der Waals surface area contributed by atoms with E-state index in [1.54, 1.807) is 12.3 Å². The van der Waals surface area contributed by atoms with Gasteiger partial charge in [-0.05, 0) is 35.4 Å². The molecular weight excluding hydrogens is 248 g/mol. The second-order valence-corrected chi connectivity index (χ2v) is 4.43. The number of rotatable bonds is 2. The Hall–Kier alpha value is -1.84. The van der Waals surface area contributed by atoms with Crippen molar-refractivity contribution in [2.45, 2.75) is 6.04 Å². The summed E-state index contributed by atoms with van der Waals surface area (Å²) in [4.78, 5) is 4.39. The van der Waals surface area contributed by atoms with Crippen LogP contribution < -0.4 is 5.73 Å². The number of pyridine rings is 1. The molecule has 1 atom stereocenters. The van der Waals surface area contributed by atoms with Gasteiger partial charge in [0, 0.05) is 17.1 Å². The predicted molar refractivity (Wildman–Crippen MR) is 71.5 cm³/mol. The molecule has 0 radical (unpaired) electrons. The zero-order valence-electron chi connectivity index (χ0n) is 9.51. The van der Waals surface area contributed by atoms with Gasteiger partial charge in [-0.1, -0.05) is 18.2 Å². The van der Waals surface area contributed by atoms with Crippen LogP contribution >= 0.6 is 11.6 Å². The summed E-state index contributed by atoms with van der Waals surface area (Å²) in [6.45, 7) is 0. The Bertz CT molecular complexity index is 693. The van der Waals surface area contributed by atoms with Gasteiger partial charge in [-0.15, -0.1) is 0 Å². The maximum Gasteiger partial charge on any atom is 0.198 e. The Kier molecular flexibility index (Phi) is 2.78. The third-order valence-electron chi connectivity index (χ3n) is 2.95. The molecular formula is C14H11ClN2O. The van der Waals surface area contributed by atoms with E-state index >= 15 is 0 Å². The molecule has 18 heavy (non-hydrogen) atoms. The first kappa shape index (κ1) is 11.3. The lowest BCUT2D eigenvalue weighted by Crippen LogP contribution is -2.11. The first-order valence-corrected chi connectivity index (χ1v) is 5.96. The van der Waals surface area contributed by atoms with Crippen molar-refractivity contribution in [3.05, 3.63) is 65.2 Å². The van der Waals surface area contributed by atoms with E-state index in [9.17, 15) is 0 Å². The number of furan rings is 1. The largest absolute Gasteiger partial charge is 0.453 e. The van der Waals surface area contributed by atoms with Crippen molar-refractivity contribution in [3.8, 4) is 0 Å². The Morgan fingerprint density at radius 2 is 2.06 bits per heavy atom. The van der Waals surface area contributed by atoms with Crippen LogP contribution in [-0.4, -0.2) is 4.98 Å². The van der Waals surface area contributed by atoms with E-state index in [2.05, 4.69) is 4.98 Å². The van der Waals surface area contributed by atoms with Crippen LogP contribution in [0.15, 0.2) is 53.3 Å². The van der Waals surface area contributed by atoms with Crippen molar-refractivity contribution < 1.29 is 4.42 Å². The van der Waals surface area contributed by atoms with E-state index in [0.29, 0.717) is 5.22 Å². The van der Waals surface area contributed by atoms with E-state index in [-0.39, 0.29) is 6.04 Å². The molecule has 1 unspecified atom stereocenters. The summed E-state index contributed by atoms with van der Waals surface area (Å²) >= 11 is 5.94. The van der Waals surface area contributed by atoms with Crippen LogP contribution in [0.5, 0.6) is 0 Å². The number of nitrogens with two attached hydrogens (primary N) is 1. The van der Waals surface area contributed by atoms with E-state index < -0.39 is 0 Å². The van der Waals surface area contributed by atoms with Crippen LogP contribution in [0.3, 0.4) is 0 Å². The van der Waals surface area contributed by atoms with Gasteiger partial charge in [0.1, 0.15) is 0 Å². The summed E-state index contributed by atoms with van der Waals surface area (Å²) in [7, 11) is 0. The fourth-order valence-electron chi connectivity index (χ4n) is 1.96. The number of fused-ring (bicyclic) bond motifs is 1. The number of halogens is 1. The van der Waals surface area contributed by atoms with Crippen LogP contribution in [0.25, 0.3) is 10.9 Å². The first-order valence-electron chi connectivity index (χ1n) is 5.59. The maximum absolute atomic E-state index is 6.17. The molecule has 3 rings (SSSR count). The smallest absolute Gasteiger partial charge is 0.198 e. The average Bonchev–Trinajstić information content (AvgIpc) is 2.83. The summed E-state index contributed by atoms with van der Waals surface area (Å²) in [6, 6.07) is 11.4. The fraction of sp³-hybridized carbons (Fsp3) is 0.0714. The molecule has 90 valence electrons. The van der Waals surface area contributed by atoms with Crippen LogP contribution in [0.2, 0.25) is 5.22 Å². The Labute approximate surface area is 109 Å². The SMILES string of the molecule is NC(c1cnc2ccccc2c1)c1ccoc1Cl. The third kappa shape index (κ3) is 1.88. The molecule has 0 aliphatic rings. The molecule has 2 heterocycles. The number of hydrogen-bond acceptors (Lipinski definition) is 3. The molecule has 1 aromatic carbocycles. The second kappa shape index (κ2) is 4.44. The van der Waals surface area contributed by atoms with Crippen LogP contribution in [-0.2, 0) is 0 Å². The van der Waals surface area contributed by atoms with Gasteiger partial charge in [-0.25, -0.2) is 0 Å². The van der Waals surface area contributed by atoms with E-state index in [0.717, 1.165) is 22.0 Å². The van der Waals surface area contributed by atoms with Gasteiger partial charge in [0.25, 0.3) is 0 Å². The minimum absolute atomic E-state index is 0.326. The zero-order valence-corrected chi connectivity index (χ0v) is 10.3. The molecule has 2 N–H and O–H groups in total. The van der Waals surface area contributed by atoms with Crippen molar-refractivity contribution in [2.24, 2.45) is 5.73 Å². The van der Waals surface area contributed by atoms with Gasteiger partial charge >= 0.3 is 0 Å². The Morgan fingerprint density at radius 3 is 2.83 bits per heavy atom. The standard InChI is InChI=1S/C14H11ClN2O/c15-14-11(5-6-18-14)13(16)10-7-9-3-1-2-4-12(9)17-8-10/h1-8,13H,16H2. The monoisotopic (exact) mass is 258 g/mol. The highest BCUT2D eigenvalue weighted by molar-refractivity contribution is 6.29. The Morgan fingerprint density at radius 1 is 1.22 bits per heavy atom. The van der Waals surface area contributed by atoms with Gasteiger partial charge in [0.2, 0.25) is 0 Å². The van der Waals surface area contributed by atoms with Crippen molar-refractivity contribution >= 4 is 22.5 Å². The van der Waals surface area contributed by atoms with Gasteiger partial charge in [0.15, 0.2) is 5.22 Å². The lowest BCUT2D eigenvalue weighted by atomic mass is 10.0. The molecule has 0 fully saturated rings. The third-order valence-corrected chi connectivity index (χ3v) is 3.26. The van der Waals surface area contributed by atoms with Gasteiger partial charge in [-0.3, -0.25) is 4.98 Å². The Balaban J connectivity index is 2.07. The van der Waals surface area contributed by atoms with Crippen molar-refractivity contribution in [2.75, 3.05) is 0 Å². The van der Waals surface area contributed by atoms with Crippen molar-refractivity contribution in [1.29, 1.82) is 0 Å². The topological polar surface area (TPSA) is 52.0 Å². The lowest BCUT2D eigenvalue weighted by Gasteiger charge is -2.10. The van der Waals surface area contributed by atoms with Crippen LogP contribution in [0.1, 0.15) is 17.2 Å². The summed E-state index contributed by atoms with van der Waals surface area (Å²) in [6.07, 6.45) is 3.31. The fourth-order valence-corrected chi connectivity index (χ4v) is 2.20. The van der Waals surface area contributed by atoms with Gasteiger partial charge in [0.05, 0.1) is 17.8 Å². The zero-order chi connectivity index (χ0) is 12.5. The van der Waals surface area contributed by atoms with Gasteiger partial charge < -0.3 is 10.2 Å². The number of nitrogens with zero attached hydrogens (tertiary/aromatic N) is 1. The number of benzene rings is 1. The number of aromatic nitrogens is 1. The minimum atomic E-state index is -0.326. The van der Waals surface area contributed by atoms with Gasteiger partial charge in [-0.2, -0.15) is 0 Å². The van der Waals surface area contributed by atoms with Crippen molar-refractivity contribution in [1.82, 2.24) is 4.98 Å². The molecule has 0 bridgehead atoms. The molecule has 2 aromatic heterocycles. The average molecular weight is 259 g/mol. The van der Waals surface area contributed by atoms with Crippen LogP contribution in [0.4, 0.5) is 0 Å². The molecule has 3 aromatic rings. The molecule has 0 aliphatic carbocycles. The second-order valence-electron chi connectivity index (χ2n) is 4.09. The van der Waals surface area contributed by atoms with Crippen molar-refractivity contribution in [3.63, 3.8) is 0 Å². The number of hydrogen-bond donors (Lipinski definition) is 1. The highest BCUT2D eigenvalue weighted by Gasteiger charge is 2.15. The highest BCUT2D eigenvalue weighted by Crippen LogP contribution is 2.28. The predicted octanol–water partition coefficient (Wildman–Crippen LogP) is 3.53. The van der Waals surface area contributed by atoms with Crippen LogP contribution in [0, 0.1) is 0 Å². The highest BCUT2D eigenvalue weighted by atomic mass is 35.5. The molecule has 3 nitrogen and oxygen atoms in total. The summed E-state index contributed by atoms with van der Waals surface area (Å²) in [5.74, 6) is 0. The van der Waals surface area contributed by atoms with E-state index in [1.165, 1.54) is 6.26 Å². The van der Waals surface area contributed by atoms with E-state index in [1.807, 2.05) is 30.3 Å². The normalized spacial score (nSPS) is 12.8. The summed E-state index contributed by atoms with van der Waals surface area (Å²) in [5.41, 5.74) is 8.80. The molecule has 0 saturated carbocycles. The molecule has 0 spiro atoms. The molecule has 0 aliphatic heterocycles. The molecule has 0 saturated heterocycles. The molecule has 0 amide bonds. The quantitative estimate of drug-likeness (QED) is 0.765. The molecule has 4 heteroatoms.